The Kier molecular flexibility index (Phi) is 6.44. The van der Waals surface area contributed by atoms with E-state index in [1.807, 2.05) is 11.4 Å². The number of benzene rings is 2. The molecule has 4 rings (SSSR count). The smallest absolute Gasteiger partial charge is 0.313 e. The number of hydrogen-bond acceptors (Lipinski definition) is 4. The number of halogens is 1. The first-order valence-corrected chi connectivity index (χ1v) is 11.1. The van der Waals surface area contributed by atoms with Crippen LogP contribution in [0.2, 0.25) is 0 Å². The summed E-state index contributed by atoms with van der Waals surface area (Å²) in [7, 11) is 0. The maximum absolute atomic E-state index is 13.7. The number of carbonyl (C=O) groups excluding carboxylic acids is 2. The van der Waals surface area contributed by atoms with Crippen molar-refractivity contribution in [3.63, 3.8) is 0 Å². The third-order valence-corrected chi connectivity index (χ3v) is 6.32. The van der Waals surface area contributed by atoms with Gasteiger partial charge < -0.3 is 10.6 Å². The zero-order valence-corrected chi connectivity index (χ0v) is 18.0. The molecule has 1 atom stereocenters. The second-order valence-corrected chi connectivity index (χ2v) is 8.47. The van der Waals surface area contributed by atoms with Crippen molar-refractivity contribution in [1.82, 2.24) is 10.2 Å². The lowest BCUT2D eigenvalue weighted by Gasteiger charge is -2.35. The fourth-order valence-electron chi connectivity index (χ4n) is 3.83. The van der Waals surface area contributed by atoms with Gasteiger partial charge in [0.2, 0.25) is 0 Å². The lowest BCUT2D eigenvalue weighted by atomic mass is 9.97. The number of nitrogens with zero attached hydrogens (tertiary/aromatic N) is 1. The molecule has 1 aliphatic heterocycles. The summed E-state index contributed by atoms with van der Waals surface area (Å²) in [6, 6.07) is 14.8. The maximum atomic E-state index is 13.7. The Bertz CT molecular complexity index is 1080. The number of amides is 2. The van der Waals surface area contributed by atoms with E-state index in [2.05, 4.69) is 45.2 Å². The summed E-state index contributed by atoms with van der Waals surface area (Å²) >= 11 is 1.61. The molecule has 7 heteroatoms. The third-order valence-electron chi connectivity index (χ3n) is 5.62. The Morgan fingerprint density at radius 1 is 1.13 bits per heavy atom. The summed E-state index contributed by atoms with van der Waals surface area (Å²) in [5, 5.41) is 9.31. The van der Waals surface area contributed by atoms with Gasteiger partial charge in [-0.05, 0) is 64.6 Å². The van der Waals surface area contributed by atoms with Gasteiger partial charge >= 0.3 is 11.8 Å². The molecule has 1 unspecified atom stereocenters. The first-order valence-electron chi connectivity index (χ1n) is 10.2. The second kappa shape index (κ2) is 9.41. The van der Waals surface area contributed by atoms with Crippen LogP contribution in [0.15, 0.2) is 59.3 Å². The summed E-state index contributed by atoms with van der Waals surface area (Å²) in [5.74, 6) is -1.98. The standard InChI is InChI=1S/C24H24FN3O2S/c1-16-6-7-20(12-21(16)25)27-24(30)23(29)26-13-22(19-9-11-31-15-19)28-10-8-17-4-2-3-5-18(17)14-28/h2-7,9,11-12,15,22H,8,10,13-14H2,1H3,(H,26,29)(H,27,30). The van der Waals surface area contributed by atoms with Gasteiger partial charge in [0.15, 0.2) is 0 Å². The minimum absolute atomic E-state index is 0.0341. The van der Waals surface area contributed by atoms with Crippen LogP contribution in [-0.2, 0) is 22.6 Å². The summed E-state index contributed by atoms with van der Waals surface area (Å²) < 4.78 is 13.7. The van der Waals surface area contributed by atoms with E-state index < -0.39 is 17.6 Å². The number of thiophene rings is 1. The van der Waals surface area contributed by atoms with E-state index in [9.17, 15) is 14.0 Å². The van der Waals surface area contributed by atoms with Gasteiger partial charge in [0.1, 0.15) is 5.82 Å². The van der Waals surface area contributed by atoms with Crippen molar-refractivity contribution in [2.45, 2.75) is 25.9 Å². The highest BCUT2D eigenvalue weighted by molar-refractivity contribution is 7.08. The van der Waals surface area contributed by atoms with Crippen molar-refractivity contribution >= 4 is 28.8 Å². The van der Waals surface area contributed by atoms with Gasteiger partial charge in [0, 0.05) is 25.3 Å². The molecule has 1 aromatic heterocycles. The molecular weight excluding hydrogens is 413 g/mol. The maximum Gasteiger partial charge on any atom is 0.313 e. The van der Waals surface area contributed by atoms with E-state index in [4.69, 9.17) is 0 Å². The van der Waals surface area contributed by atoms with Gasteiger partial charge in [-0.3, -0.25) is 14.5 Å². The van der Waals surface area contributed by atoms with Gasteiger partial charge in [-0.15, -0.1) is 0 Å². The Morgan fingerprint density at radius 3 is 2.68 bits per heavy atom. The Labute approximate surface area is 184 Å². The molecule has 2 aromatic carbocycles. The highest BCUT2D eigenvalue weighted by Crippen LogP contribution is 2.28. The van der Waals surface area contributed by atoms with Gasteiger partial charge in [0.05, 0.1) is 6.04 Å². The number of anilines is 1. The van der Waals surface area contributed by atoms with Crippen LogP contribution in [0.3, 0.4) is 0 Å². The number of fused-ring (bicyclic) bond motifs is 1. The molecule has 0 fully saturated rings. The Hall–Kier alpha value is -3.03. The summed E-state index contributed by atoms with van der Waals surface area (Å²) in [5.41, 5.74) is 4.50. The SMILES string of the molecule is Cc1ccc(NC(=O)C(=O)NCC(c2ccsc2)N2CCc3ccccc3C2)cc1F. The lowest BCUT2D eigenvalue weighted by molar-refractivity contribution is -0.136. The molecule has 0 saturated heterocycles. The average molecular weight is 438 g/mol. The third kappa shape index (κ3) is 5.00. The van der Waals surface area contributed by atoms with Gasteiger partial charge in [-0.1, -0.05) is 30.3 Å². The molecule has 1 aliphatic rings. The minimum Gasteiger partial charge on any atom is -0.346 e. The molecule has 0 radical (unpaired) electrons. The van der Waals surface area contributed by atoms with Crippen molar-refractivity contribution in [3.05, 3.63) is 87.4 Å². The molecule has 2 N–H and O–H groups in total. The largest absolute Gasteiger partial charge is 0.346 e. The predicted octanol–water partition coefficient (Wildman–Crippen LogP) is 4.05. The molecule has 0 aliphatic carbocycles. The summed E-state index contributed by atoms with van der Waals surface area (Å²) in [6.07, 6.45) is 0.949. The molecule has 0 spiro atoms. The number of nitrogens with one attached hydrogen (secondary N) is 2. The second-order valence-electron chi connectivity index (χ2n) is 7.69. The van der Waals surface area contributed by atoms with Crippen LogP contribution >= 0.6 is 11.3 Å². The zero-order valence-electron chi connectivity index (χ0n) is 17.2. The highest BCUT2D eigenvalue weighted by Gasteiger charge is 2.26. The molecule has 2 heterocycles. The van der Waals surface area contributed by atoms with Crippen LogP contribution in [0.4, 0.5) is 10.1 Å². The van der Waals surface area contributed by atoms with E-state index in [0.29, 0.717) is 12.1 Å². The van der Waals surface area contributed by atoms with Gasteiger partial charge in [0.25, 0.3) is 0 Å². The Balaban J connectivity index is 1.41. The van der Waals surface area contributed by atoms with Crippen molar-refractivity contribution in [1.29, 1.82) is 0 Å². The monoisotopic (exact) mass is 437 g/mol. The first kappa shape index (κ1) is 21.2. The molecule has 31 heavy (non-hydrogen) atoms. The molecule has 0 bridgehead atoms. The van der Waals surface area contributed by atoms with Crippen LogP contribution in [0.1, 0.15) is 28.3 Å². The minimum atomic E-state index is -0.809. The summed E-state index contributed by atoms with van der Waals surface area (Å²) in [6.45, 7) is 3.62. The van der Waals surface area contributed by atoms with Crippen molar-refractivity contribution in [2.75, 3.05) is 18.4 Å². The average Bonchev–Trinajstić information content (AvgIpc) is 3.31. The van der Waals surface area contributed by atoms with Gasteiger partial charge in [-0.25, -0.2) is 4.39 Å². The van der Waals surface area contributed by atoms with E-state index in [1.54, 1.807) is 30.4 Å². The van der Waals surface area contributed by atoms with Crippen LogP contribution in [-0.4, -0.2) is 29.8 Å². The van der Waals surface area contributed by atoms with E-state index in [0.717, 1.165) is 25.1 Å². The van der Waals surface area contributed by atoms with Crippen LogP contribution in [0.25, 0.3) is 0 Å². The zero-order chi connectivity index (χ0) is 21.8. The van der Waals surface area contributed by atoms with Crippen molar-refractivity contribution in [3.8, 4) is 0 Å². The van der Waals surface area contributed by atoms with Crippen molar-refractivity contribution < 1.29 is 14.0 Å². The highest BCUT2D eigenvalue weighted by atomic mass is 32.1. The molecule has 3 aromatic rings. The molecule has 2 amide bonds. The molecule has 160 valence electrons. The van der Waals surface area contributed by atoms with Crippen molar-refractivity contribution in [2.24, 2.45) is 0 Å². The fourth-order valence-corrected chi connectivity index (χ4v) is 4.54. The van der Waals surface area contributed by atoms with Crippen LogP contribution < -0.4 is 10.6 Å². The van der Waals surface area contributed by atoms with E-state index >= 15 is 0 Å². The fraction of sp³-hybridized carbons (Fsp3) is 0.250. The van der Waals surface area contributed by atoms with Crippen LogP contribution in [0.5, 0.6) is 0 Å². The number of aryl methyl sites for hydroxylation is 1. The van der Waals surface area contributed by atoms with E-state index in [-0.39, 0.29) is 11.7 Å². The quantitative estimate of drug-likeness (QED) is 0.592. The number of hydrogen-bond donors (Lipinski definition) is 2. The molecule has 5 nitrogen and oxygen atoms in total. The summed E-state index contributed by atoms with van der Waals surface area (Å²) in [4.78, 5) is 27.0. The molecule has 0 saturated carbocycles. The Morgan fingerprint density at radius 2 is 1.94 bits per heavy atom. The van der Waals surface area contributed by atoms with Gasteiger partial charge in [-0.2, -0.15) is 11.3 Å². The predicted molar refractivity (Wildman–Crippen MR) is 120 cm³/mol. The number of carbonyl (C=O) groups is 2. The van der Waals surface area contributed by atoms with Crippen LogP contribution in [0, 0.1) is 12.7 Å². The van der Waals surface area contributed by atoms with E-state index in [1.165, 1.54) is 17.2 Å². The molecular formula is C24H24FN3O2S. The topological polar surface area (TPSA) is 61.4 Å². The lowest BCUT2D eigenvalue weighted by Crippen LogP contribution is -2.43. The normalized spacial score (nSPS) is 14.5. The number of rotatable bonds is 5. The first-order chi connectivity index (χ1) is 15.0.